The Morgan fingerprint density at radius 2 is 2.04 bits per heavy atom. The van der Waals surface area contributed by atoms with E-state index in [0.717, 1.165) is 12.8 Å². The Hall–Kier alpha value is -2.97. The van der Waals surface area contributed by atoms with Crippen LogP contribution in [0.3, 0.4) is 0 Å². The molecule has 2 amide bonds. The van der Waals surface area contributed by atoms with Crippen LogP contribution in [0.15, 0.2) is 22.6 Å². The highest BCUT2D eigenvalue weighted by Gasteiger charge is 2.27. The van der Waals surface area contributed by atoms with E-state index in [9.17, 15) is 9.59 Å². The lowest BCUT2D eigenvalue weighted by Crippen LogP contribution is -2.44. The third kappa shape index (κ3) is 5.28. The van der Waals surface area contributed by atoms with Gasteiger partial charge < -0.3 is 29.8 Å². The number of hydrogen-bond donors (Lipinski definition) is 2. The van der Waals surface area contributed by atoms with Crippen LogP contribution in [0.4, 0.5) is 10.8 Å². The zero-order valence-electron chi connectivity index (χ0n) is 16.4. The van der Waals surface area contributed by atoms with Gasteiger partial charge in [-0.25, -0.2) is 4.79 Å². The van der Waals surface area contributed by atoms with Crippen molar-refractivity contribution in [1.82, 2.24) is 9.88 Å². The van der Waals surface area contributed by atoms with Gasteiger partial charge >= 0.3 is 6.09 Å². The van der Waals surface area contributed by atoms with Crippen LogP contribution in [-0.2, 0) is 9.53 Å². The van der Waals surface area contributed by atoms with E-state index in [0.29, 0.717) is 36.0 Å². The molecule has 3 N–H and O–H groups in total. The van der Waals surface area contributed by atoms with Crippen molar-refractivity contribution in [2.45, 2.75) is 45.3 Å². The number of primary amides is 1. The number of hydrogen-bond acceptors (Lipinski definition) is 7. The van der Waals surface area contributed by atoms with Crippen molar-refractivity contribution >= 4 is 29.1 Å². The van der Waals surface area contributed by atoms with E-state index >= 15 is 0 Å². The number of fused-ring (bicyclic) bond motifs is 1. The number of nitrogens with two attached hydrogens (primary N) is 1. The summed E-state index contributed by atoms with van der Waals surface area (Å²) in [6, 6.07) is 5.68. The van der Waals surface area contributed by atoms with E-state index in [-0.39, 0.29) is 18.7 Å². The highest BCUT2D eigenvalue weighted by molar-refractivity contribution is 5.77. The van der Waals surface area contributed by atoms with Gasteiger partial charge in [-0.05, 0) is 45.7 Å². The maximum absolute atomic E-state index is 12.1. The Labute approximate surface area is 163 Å². The Morgan fingerprint density at radius 1 is 1.32 bits per heavy atom. The first-order valence-corrected chi connectivity index (χ1v) is 9.26. The van der Waals surface area contributed by atoms with Crippen LogP contribution in [0.5, 0.6) is 5.75 Å². The summed E-state index contributed by atoms with van der Waals surface area (Å²) in [5, 5.41) is 3.28. The predicted molar refractivity (Wildman–Crippen MR) is 103 cm³/mol. The van der Waals surface area contributed by atoms with Gasteiger partial charge in [0.05, 0.1) is 0 Å². The van der Waals surface area contributed by atoms with Gasteiger partial charge in [-0.3, -0.25) is 4.79 Å². The third-order valence-corrected chi connectivity index (χ3v) is 4.21. The monoisotopic (exact) mass is 390 g/mol. The van der Waals surface area contributed by atoms with E-state index in [1.807, 2.05) is 20.8 Å². The summed E-state index contributed by atoms with van der Waals surface area (Å²) < 4.78 is 16.4. The number of carbonyl (C=O) groups excluding carboxylic acids is 2. The van der Waals surface area contributed by atoms with E-state index in [1.165, 1.54) is 0 Å². The molecule has 2 aromatic rings. The summed E-state index contributed by atoms with van der Waals surface area (Å²) in [6.07, 6.45) is 1.26. The summed E-state index contributed by atoms with van der Waals surface area (Å²) in [5.74, 6) is -0.0443. The first-order chi connectivity index (χ1) is 13.2. The van der Waals surface area contributed by atoms with Crippen LogP contribution in [0.1, 0.15) is 33.6 Å². The second-order valence-electron chi connectivity index (χ2n) is 7.79. The van der Waals surface area contributed by atoms with Crippen molar-refractivity contribution < 1.29 is 23.5 Å². The molecule has 2 heterocycles. The van der Waals surface area contributed by atoms with Crippen LogP contribution in [-0.4, -0.2) is 53.2 Å². The highest BCUT2D eigenvalue weighted by Crippen LogP contribution is 2.25. The number of nitrogens with zero attached hydrogens (tertiary/aromatic N) is 2. The third-order valence-electron chi connectivity index (χ3n) is 4.21. The van der Waals surface area contributed by atoms with Gasteiger partial charge in [0.2, 0.25) is 0 Å². The van der Waals surface area contributed by atoms with Crippen molar-refractivity contribution in [2.75, 3.05) is 25.0 Å². The molecule has 1 aromatic carbocycles. The molecule has 0 spiro atoms. The molecule has 0 radical (unpaired) electrons. The molecule has 0 bridgehead atoms. The number of amides is 2. The Balaban J connectivity index is 1.55. The average Bonchev–Trinajstić information content (AvgIpc) is 3.00. The molecular formula is C19H26N4O5. The second-order valence-corrected chi connectivity index (χ2v) is 7.79. The molecular weight excluding hydrogens is 364 g/mol. The van der Waals surface area contributed by atoms with Crippen molar-refractivity contribution in [1.29, 1.82) is 0 Å². The van der Waals surface area contributed by atoms with Crippen LogP contribution in [0.25, 0.3) is 11.1 Å². The Kier molecular flexibility index (Phi) is 5.62. The molecule has 1 aromatic heterocycles. The topological polar surface area (TPSA) is 120 Å². The van der Waals surface area contributed by atoms with Crippen LogP contribution >= 0.6 is 0 Å². The summed E-state index contributed by atoms with van der Waals surface area (Å²) in [5.41, 5.74) is 5.82. The van der Waals surface area contributed by atoms with Gasteiger partial charge in [-0.15, -0.1) is 0 Å². The largest absolute Gasteiger partial charge is 0.484 e. The predicted octanol–water partition coefficient (Wildman–Crippen LogP) is 2.50. The van der Waals surface area contributed by atoms with Gasteiger partial charge in [0.25, 0.3) is 11.9 Å². The molecule has 0 unspecified atom stereocenters. The Bertz CT molecular complexity index is 850. The second kappa shape index (κ2) is 7.95. The van der Waals surface area contributed by atoms with Crippen molar-refractivity contribution in [2.24, 2.45) is 5.73 Å². The van der Waals surface area contributed by atoms with Crippen molar-refractivity contribution in [3.63, 3.8) is 0 Å². The normalized spacial score (nSPS) is 15.5. The maximum Gasteiger partial charge on any atom is 0.410 e. The molecule has 28 heavy (non-hydrogen) atoms. The zero-order valence-corrected chi connectivity index (χ0v) is 16.4. The fourth-order valence-electron chi connectivity index (χ4n) is 2.92. The molecule has 3 rings (SSSR count). The molecule has 1 saturated heterocycles. The quantitative estimate of drug-likeness (QED) is 0.805. The van der Waals surface area contributed by atoms with Gasteiger partial charge in [0.15, 0.2) is 12.2 Å². The number of piperidine rings is 1. The minimum Gasteiger partial charge on any atom is -0.484 e. The lowest BCUT2D eigenvalue weighted by molar-refractivity contribution is -0.119. The molecule has 9 nitrogen and oxygen atoms in total. The lowest BCUT2D eigenvalue weighted by Gasteiger charge is -2.33. The summed E-state index contributed by atoms with van der Waals surface area (Å²) in [7, 11) is 0. The number of benzene rings is 1. The number of likely N-dealkylation sites (tertiary alicyclic amines) is 1. The number of oxazole rings is 1. The lowest BCUT2D eigenvalue weighted by atomic mass is 10.1. The summed E-state index contributed by atoms with van der Waals surface area (Å²) in [6.45, 7) is 6.60. The van der Waals surface area contributed by atoms with Crippen LogP contribution < -0.4 is 15.8 Å². The molecule has 152 valence electrons. The molecule has 0 atom stereocenters. The molecule has 0 aliphatic carbocycles. The average molecular weight is 390 g/mol. The number of nitrogens with one attached hydrogen (secondary N) is 1. The number of carbonyl (C=O) groups is 2. The van der Waals surface area contributed by atoms with E-state index in [4.69, 9.17) is 19.6 Å². The fraction of sp³-hybridized carbons (Fsp3) is 0.526. The van der Waals surface area contributed by atoms with Crippen molar-refractivity contribution in [3.8, 4) is 5.75 Å². The minimum absolute atomic E-state index is 0.150. The number of aromatic nitrogens is 1. The maximum atomic E-state index is 12.1. The van der Waals surface area contributed by atoms with Gasteiger partial charge in [-0.1, -0.05) is 0 Å². The fourth-order valence-corrected chi connectivity index (χ4v) is 2.92. The first-order valence-electron chi connectivity index (χ1n) is 9.26. The molecule has 1 fully saturated rings. The van der Waals surface area contributed by atoms with Gasteiger partial charge in [0, 0.05) is 25.2 Å². The standard InChI is InChI=1S/C19H26N4O5/c1-19(2,3)28-18(25)23-8-6-12(7-9-23)21-17-22-14-10-13(26-11-16(20)24)4-5-15(14)27-17/h4-5,10,12H,6-9,11H2,1-3H3,(H2,20,24)(H,21,22). The van der Waals surface area contributed by atoms with Gasteiger partial charge in [-0.2, -0.15) is 4.98 Å². The summed E-state index contributed by atoms with van der Waals surface area (Å²) in [4.78, 5) is 29.1. The first kappa shape index (κ1) is 19.8. The van der Waals surface area contributed by atoms with Crippen LogP contribution in [0.2, 0.25) is 0 Å². The van der Waals surface area contributed by atoms with E-state index in [1.54, 1.807) is 23.1 Å². The van der Waals surface area contributed by atoms with E-state index in [2.05, 4.69) is 10.3 Å². The Morgan fingerprint density at radius 3 is 2.68 bits per heavy atom. The number of anilines is 1. The van der Waals surface area contributed by atoms with Crippen molar-refractivity contribution in [3.05, 3.63) is 18.2 Å². The van der Waals surface area contributed by atoms with Gasteiger partial charge in [0.1, 0.15) is 16.9 Å². The van der Waals surface area contributed by atoms with E-state index < -0.39 is 11.5 Å². The summed E-state index contributed by atoms with van der Waals surface area (Å²) >= 11 is 0. The smallest absolute Gasteiger partial charge is 0.410 e. The number of ether oxygens (including phenoxy) is 2. The number of rotatable bonds is 5. The highest BCUT2D eigenvalue weighted by atomic mass is 16.6. The molecule has 9 heteroatoms. The zero-order chi connectivity index (χ0) is 20.3. The molecule has 1 aliphatic rings. The molecule has 0 saturated carbocycles. The molecule has 1 aliphatic heterocycles. The van der Waals surface area contributed by atoms with Crippen LogP contribution in [0, 0.1) is 0 Å². The minimum atomic E-state index is -0.541. The SMILES string of the molecule is CC(C)(C)OC(=O)N1CCC(Nc2nc3cc(OCC(N)=O)ccc3o2)CC1.